The molecule has 1 unspecified atom stereocenters. The Hall–Kier alpha value is -1.62. The predicted molar refractivity (Wildman–Crippen MR) is 84.8 cm³/mol. The van der Waals surface area contributed by atoms with Gasteiger partial charge in [-0.15, -0.1) is 0 Å². The number of aliphatic hydroxyl groups is 1. The van der Waals surface area contributed by atoms with E-state index >= 15 is 0 Å². The van der Waals surface area contributed by atoms with Gasteiger partial charge >= 0.3 is 0 Å². The fourth-order valence-corrected chi connectivity index (χ4v) is 2.54. The molecule has 2 aromatic rings. The van der Waals surface area contributed by atoms with Crippen LogP contribution in [0.15, 0.2) is 42.5 Å². The van der Waals surface area contributed by atoms with E-state index in [4.69, 9.17) is 28.3 Å². The summed E-state index contributed by atoms with van der Waals surface area (Å²) in [4.78, 5) is 12.3. The van der Waals surface area contributed by atoms with E-state index in [0.717, 1.165) is 11.6 Å². The molecule has 0 aliphatic heterocycles. The molecular weight excluding hydrogens is 328 g/mol. The number of halogens is 3. The van der Waals surface area contributed by atoms with Crippen LogP contribution in [0.2, 0.25) is 10.0 Å². The lowest BCUT2D eigenvalue weighted by molar-refractivity contribution is 0.0929. The summed E-state index contributed by atoms with van der Waals surface area (Å²) in [6, 6.07) is 11.0. The molecule has 0 bridgehead atoms. The second-order valence-electron chi connectivity index (χ2n) is 4.70. The summed E-state index contributed by atoms with van der Waals surface area (Å²) in [6.45, 7) is -0.0947. The van der Waals surface area contributed by atoms with E-state index in [2.05, 4.69) is 5.32 Å². The minimum absolute atomic E-state index is 0.00226. The van der Waals surface area contributed by atoms with E-state index in [9.17, 15) is 9.18 Å². The fraction of sp³-hybridized carbons (Fsp3) is 0.188. The Labute approximate surface area is 137 Å². The molecule has 0 saturated carbocycles. The van der Waals surface area contributed by atoms with E-state index < -0.39 is 17.8 Å². The first-order valence-electron chi connectivity index (χ1n) is 6.64. The molecule has 22 heavy (non-hydrogen) atoms. The molecule has 0 aliphatic carbocycles. The van der Waals surface area contributed by atoms with Gasteiger partial charge in [-0.25, -0.2) is 4.39 Å². The van der Waals surface area contributed by atoms with Crippen molar-refractivity contribution in [2.75, 3.05) is 6.61 Å². The molecular formula is C16H14Cl2FNO2. The Balaban J connectivity index is 2.24. The highest BCUT2D eigenvalue weighted by Gasteiger charge is 2.19. The lowest BCUT2D eigenvalue weighted by atomic mass is 10.0. The summed E-state index contributed by atoms with van der Waals surface area (Å²) in [5.74, 6) is -1.24. The number of amides is 1. The lowest BCUT2D eigenvalue weighted by Crippen LogP contribution is -2.29. The number of hydrogen-bond donors (Lipinski definition) is 2. The molecule has 1 atom stereocenters. The van der Waals surface area contributed by atoms with Crippen LogP contribution in [0.1, 0.15) is 28.4 Å². The van der Waals surface area contributed by atoms with Gasteiger partial charge in [-0.1, -0.05) is 53.5 Å². The van der Waals surface area contributed by atoms with Crippen molar-refractivity contribution in [3.63, 3.8) is 0 Å². The van der Waals surface area contributed by atoms with Gasteiger partial charge in [0.25, 0.3) is 5.91 Å². The summed E-state index contributed by atoms with van der Waals surface area (Å²) < 4.78 is 13.5. The second kappa shape index (κ2) is 7.58. The molecule has 0 aromatic heterocycles. The lowest BCUT2D eigenvalue weighted by Gasteiger charge is -2.19. The number of carbonyl (C=O) groups is 1. The number of rotatable bonds is 5. The van der Waals surface area contributed by atoms with Crippen molar-refractivity contribution in [3.05, 3.63) is 69.5 Å². The van der Waals surface area contributed by atoms with E-state index in [0.29, 0.717) is 6.42 Å². The second-order valence-corrected chi connectivity index (χ2v) is 5.51. The third-order valence-electron chi connectivity index (χ3n) is 3.18. The summed E-state index contributed by atoms with van der Waals surface area (Å²) in [5, 5.41) is 11.8. The Kier molecular flexibility index (Phi) is 5.77. The molecule has 0 fully saturated rings. The molecule has 0 heterocycles. The molecule has 2 aromatic carbocycles. The molecule has 2 rings (SSSR count). The van der Waals surface area contributed by atoms with Crippen LogP contribution in [0.3, 0.4) is 0 Å². The molecule has 116 valence electrons. The summed E-state index contributed by atoms with van der Waals surface area (Å²) in [7, 11) is 0. The third-order valence-corrected chi connectivity index (χ3v) is 3.78. The minimum Gasteiger partial charge on any atom is -0.396 e. The highest BCUT2D eigenvalue weighted by molar-refractivity contribution is 6.36. The zero-order chi connectivity index (χ0) is 16.1. The van der Waals surface area contributed by atoms with Crippen LogP contribution in [0, 0.1) is 5.82 Å². The van der Waals surface area contributed by atoms with Gasteiger partial charge in [-0.05, 0) is 24.1 Å². The molecule has 0 saturated heterocycles. The Morgan fingerprint density at radius 1 is 1.18 bits per heavy atom. The fourth-order valence-electron chi connectivity index (χ4n) is 2.07. The average Bonchev–Trinajstić information content (AvgIpc) is 2.51. The van der Waals surface area contributed by atoms with Crippen molar-refractivity contribution in [2.24, 2.45) is 0 Å². The number of carbonyl (C=O) groups excluding carboxylic acids is 1. The summed E-state index contributed by atoms with van der Waals surface area (Å²) >= 11 is 11.6. The Bertz CT molecular complexity index is 665. The maximum absolute atomic E-state index is 13.5. The van der Waals surface area contributed by atoms with Crippen LogP contribution in [0.25, 0.3) is 0 Å². The van der Waals surface area contributed by atoms with Crippen LogP contribution in [-0.2, 0) is 0 Å². The van der Waals surface area contributed by atoms with Crippen LogP contribution in [-0.4, -0.2) is 17.6 Å². The number of aliphatic hydroxyl groups excluding tert-OH is 1. The highest BCUT2D eigenvalue weighted by atomic mass is 35.5. The van der Waals surface area contributed by atoms with Crippen LogP contribution in [0.4, 0.5) is 4.39 Å². The van der Waals surface area contributed by atoms with Crippen LogP contribution in [0.5, 0.6) is 0 Å². The summed E-state index contributed by atoms with van der Waals surface area (Å²) in [6.07, 6.45) is 0.337. The number of hydrogen-bond acceptors (Lipinski definition) is 2. The molecule has 0 radical (unpaired) electrons. The molecule has 3 nitrogen and oxygen atoms in total. The van der Waals surface area contributed by atoms with Crippen LogP contribution < -0.4 is 5.32 Å². The van der Waals surface area contributed by atoms with Crippen molar-refractivity contribution >= 4 is 29.1 Å². The predicted octanol–water partition coefficient (Wildman–Crippen LogP) is 3.99. The molecule has 6 heteroatoms. The molecule has 1 amide bonds. The van der Waals surface area contributed by atoms with Crippen molar-refractivity contribution in [1.29, 1.82) is 0 Å². The monoisotopic (exact) mass is 341 g/mol. The van der Waals surface area contributed by atoms with Gasteiger partial charge in [-0.3, -0.25) is 4.79 Å². The van der Waals surface area contributed by atoms with E-state index in [1.807, 2.05) is 30.3 Å². The maximum Gasteiger partial charge on any atom is 0.253 e. The normalized spacial score (nSPS) is 12.0. The van der Waals surface area contributed by atoms with E-state index in [-0.39, 0.29) is 22.2 Å². The van der Waals surface area contributed by atoms with E-state index in [1.165, 1.54) is 6.07 Å². The number of benzene rings is 2. The van der Waals surface area contributed by atoms with Gasteiger partial charge < -0.3 is 10.4 Å². The van der Waals surface area contributed by atoms with Crippen molar-refractivity contribution in [2.45, 2.75) is 12.5 Å². The van der Waals surface area contributed by atoms with E-state index in [1.54, 1.807) is 0 Å². The Morgan fingerprint density at radius 2 is 1.86 bits per heavy atom. The van der Waals surface area contributed by atoms with Crippen LogP contribution >= 0.6 is 23.2 Å². The van der Waals surface area contributed by atoms with Crippen molar-refractivity contribution < 1.29 is 14.3 Å². The smallest absolute Gasteiger partial charge is 0.253 e. The third kappa shape index (κ3) is 3.97. The van der Waals surface area contributed by atoms with Crippen molar-refractivity contribution in [1.82, 2.24) is 5.32 Å². The van der Waals surface area contributed by atoms with Gasteiger partial charge in [0.1, 0.15) is 5.82 Å². The summed E-state index contributed by atoms with van der Waals surface area (Å²) in [5.41, 5.74) is 0.845. The SMILES string of the molecule is O=C(NC(CCO)c1ccccc1)c1cc(F)c(Cl)cc1Cl. The van der Waals surface area contributed by atoms with Gasteiger partial charge in [0.05, 0.1) is 21.7 Å². The first-order chi connectivity index (χ1) is 10.5. The molecule has 0 aliphatic rings. The van der Waals surface area contributed by atoms with Crippen molar-refractivity contribution in [3.8, 4) is 0 Å². The quantitative estimate of drug-likeness (QED) is 0.808. The van der Waals surface area contributed by atoms with Gasteiger partial charge in [0, 0.05) is 6.61 Å². The largest absolute Gasteiger partial charge is 0.396 e. The highest BCUT2D eigenvalue weighted by Crippen LogP contribution is 2.25. The van der Waals surface area contributed by atoms with Gasteiger partial charge in [0.15, 0.2) is 0 Å². The zero-order valence-electron chi connectivity index (χ0n) is 11.5. The first-order valence-corrected chi connectivity index (χ1v) is 7.39. The minimum atomic E-state index is -0.713. The van der Waals surface area contributed by atoms with Gasteiger partial charge in [0.2, 0.25) is 0 Å². The topological polar surface area (TPSA) is 49.3 Å². The first kappa shape index (κ1) is 16.7. The standard InChI is InChI=1S/C16H14Cl2FNO2/c17-12-9-13(18)14(19)8-11(12)16(22)20-15(6-7-21)10-4-2-1-3-5-10/h1-5,8-9,15,21H,6-7H2,(H,20,22). The Morgan fingerprint density at radius 3 is 2.50 bits per heavy atom. The maximum atomic E-state index is 13.5. The molecule has 0 spiro atoms. The zero-order valence-corrected chi connectivity index (χ0v) is 13.0. The molecule has 2 N–H and O–H groups in total. The number of nitrogens with one attached hydrogen (secondary N) is 1. The van der Waals surface area contributed by atoms with Gasteiger partial charge in [-0.2, -0.15) is 0 Å². The average molecular weight is 342 g/mol.